The summed E-state index contributed by atoms with van der Waals surface area (Å²) in [5.74, 6) is 0.832. The van der Waals surface area contributed by atoms with E-state index in [4.69, 9.17) is 11.6 Å². The minimum absolute atomic E-state index is 0.485. The van der Waals surface area contributed by atoms with Crippen molar-refractivity contribution < 1.29 is 5.11 Å². The molecule has 4 heteroatoms. The summed E-state index contributed by atoms with van der Waals surface area (Å²) >= 11 is 5.97. The molecule has 0 amide bonds. The summed E-state index contributed by atoms with van der Waals surface area (Å²) in [5, 5.41) is 10.3. The normalized spacial score (nSPS) is 12.2. The second-order valence-corrected chi connectivity index (χ2v) is 5.05. The number of aliphatic hydroxyl groups excluding tert-OH is 1. The number of rotatable bonds is 4. The zero-order valence-electron chi connectivity index (χ0n) is 11.0. The van der Waals surface area contributed by atoms with Crippen LogP contribution in [0.5, 0.6) is 0 Å². The Hall–Kier alpha value is -1.58. The summed E-state index contributed by atoms with van der Waals surface area (Å²) in [5.41, 5.74) is 1.99. The Kier molecular flexibility index (Phi) is 4.40. The van der Waals surface area contributed by atoms with E-state index in [9.17, 15) is 5.11 Å². The first-order valence-corrected chi connectivity index (χ1v) is 6.53. The summed E-state index contributed by atoms with van der Waals surface area (Å²) < 4.78 is 0. The molecule has 19 heavy (non-hydrogen) atoms. The van der Waals surface area contributed by atoms with E-state index < -0.39 is 6.10 Å². The first-order valence-electron chi connectivity index (χ1n) is 6.16. The smallest absolute Gasteiger partial charge is 0.128 e. The van der Waals surface area contributed by atoms with Crippen molar-refractivity contribution in [3.8, 4) is 0 Å². The summed E-state index contributed by atoms with van der Waals surface area (Å²) in [7, 11) is 1.97. The largest absolute Gasteiger partial charge is 0.389 e. The Morgan fingerprint density at radius 3 is 2.79 bits per heavy atom. The Morgan fingerprint density at radius 1 is 1.32 bits per heavy atom. The van der Waals surface area contributed by atoms with Crippen molar-refractivity contribution >= 4 is 17.4 Å². The predicted molar refractivity (Wildman–Crippen MR) is 78.4 cm³/mol. The quantitative estimate of drug-likeness (QED) is 0.929. The molecule has 1 aromatic carbocycles. The van der Waals surface area contributed by atoms with Gasteiger partial charge >= 0.3 is 0 Å². The van der Waals surface area contributed by atoms with Crippen LogP contribution in [0, 0.1) is 0 Å². The Labute approximate surface area is 118 Å². The molecule has 2 aromatic rings. The maximum absolute atomic E-state index is 9.59. The number of nitrogens with zero attached hydrogens (tertiary/aromatic N) is 2. The van der Waals surface area contributed by atoms with Gasteiger partial charge in [0.25, 0.3) is 0 Å². The molecular weight excluding hydrogens is 260 g/mol. The zero-order chi connectivity index (χ0) is 13.8. The average molecular weight is 277 g/mol. The van der Waals surface area contributed by atoms with Gasteiger partial charge in [0.15, 0.2) is 0 Å². The van der Waals surface area contributed by atoms with Crippen LogP contribution in [0.4, 0.5) is 5.82 Å². The molecule has 0 saturated carbocycles. The Bertz CT molecular complexity index is 557. The fourth-order valence-electron chi connectivity index (χ4n) is 1.89. The molecule has 1 unspecified atom stereocenters. The van der Waals surface area contributed by atoms with Gasteiger partial charge in [0.1, 0.15) is 5.82 Å². The lowest BCUT2D eigenvalue weighted by atomic mass is 10.1. The minimum atomic E-state index is -0.485. The predicted octanol–water partition coefficient (Wildman–Crippen LogP) is 3.42. The molecular formula is C15H17ClN2O. The van der Waals surface area contributed by atoms with Crippen molar-refractivity contribution in [2.45, 2.75) is 19.6 Å². The SMILES string of the molecule is CC(O)c1ccnc(N(C)Cc2cccc(Cl)c2)c1. The third-order valence-electron chi connectivity index (χ3n) is 2.95. The monoisotopic (exact) mass is 276 g/mol. The van der Waals surface area contributed by atoms with Crippen molar-refractivity contribution in [1.29, 1.82) is 0 Å². The number of hydrogen-bond acceptors (Lipinski definition) is 3. The van der Waals surface area contributed by atoms with Crippen molar-refractivity contribution in [3.63, 3.8) is 0 Å². The molecule has 0 aliphatic rings. The lowest BCUT2D eigenvalue weighted by Crippen LogP contribution is -2.17. The van der Waals surface area contributed by atoms with Gasteiger partial charge < -0.3 is 10.0 Å². The van der Waals surface area contributed by atoms with Crippen molar-refractivity contribution in [3.05, 3.63) is 58.7 Å². The number of benzene rings is 1. The van der Waals surface area contributed by atoms with Crippen LogP contribution in [0.3, 0.4) is 0 Å². The van der Waals surface area contributed by atoms with Gasteiger partial charge in [-0.15, -0.1) is 0 Å². The van der Waals surface area contributed by atoms with E-state index in [0.29, 0.717) is 0 Å². The van der Waals surface area contributed by atoms with Crippen LogP contribution >= 0.6 is 11.6 Å². The van der Waals surface area contributed by atoms with Crippen LogP contribution in [0.25, 0.3) is 0 Å². The highest BCUT2D eigenvalue weighted by atomic mass is 35.5. The highest BCUT2D eigenvalue weighted by Crippen LogP contribution is 2.19. The summed E-state index contributed by atoms with van der Waals surface area (Å²) in [6.45, 7) is 2.47. The van der Waals surface area contributed by atoms with E-state index in [1.54, 1.807) is 13.1 Å². The van der Waals surface area contributed by atoms with Crippen LogP contribution in [-0.2, 0) is 6.54 Å². The highest BCUT2D eigenvalue weighted by Gasteiger charge is 2.07. The van der Waals surface area contributed by atoms with E-state index in [0.717, 1.165) is 28.5 Å². The second-order valence-electron chi connectivity index (χ2n) is 4.61. The zero-order valence-corrected chi connectivity index (χ0v) is 11.8. The molecule has 1 N–H and O–H groups in total. The molecule has 100 valence electrons. The van der Waals surface area contributed by atoms with E-state index in [1.807, 2.05) is 48.3 Å². The number of hydrogen-bond donors (Lipinski definition) is 1. The lowest BCUT2D eigenvalue weighted by molar-refractivity contribution is 0.199. The number of halogens is 1. The van der Waals surface area contributed by atoms with Gasteiger partial charge in [0.2, 0.25) is 0 Å². The van der Waals surface area contributed by atoms with E-state index in [-0.39, 0.29) is 0 Å². The fraction of sp³-hybridized carbons (Fsp3) is 0.267. The molecule has 0 bridgehead atoms. The molecule has 0 aliphatic heterocycles. The van der Waals surface area contributed by atoms with Crippen LogP contribution in [0.15, 0.2) is 42.6 Å². The van der Waals surface area contributed by atoms with Crippen LogP contribution in [0.1, 0.15) is 24.2 Å². The Balaban J connectivity index is 2.15. The van der Waals surface area contributed by atoms with E-state index in [2.05, 4.69) is 4.98 Å². The van der Waals surface area contributed by atoms with Gasteiger partial charge in [-0.1, -0.05) is 23.7 Å². The Morgan fingerprint density at radius 2 is 2.11 bits per heavy atom. The lowest BCUT2D eigenvalue weighted by Gasteiger charge is -2.19. The van der Waals surface area contributed by atoms with Crippen molar-refractivity contribution in [2.75, 3.05) is 11.9 Å². The topological polar surface area (TPSA) is 36.4 Å². The molecule has 1 heterocycles. The number of aromatic nitrogens is 1. The molecule has 3 nitrogen and oxygen atoms in total. The first kappa shape index (κ1) is 13.8. The van der Waals surface area contributed by atoms with E-state index in [1.165, 1.54) is 0 Å². The molecule has 0 radical (unpaired) electrons. The van der Waals surface area contributed by atoms with Gasteiger partial charge in [0.05, 0.1) is 6.10 Å². The van der Waals surface area contributed by atoms with Gasteiger partial charge in [-0.3, -0.25) is 0 Å². The molecule has 0 saturated heterocycles. The average Bonchev–Trinajstić information content (AvgIpc) is 2.39. The van der Waals surface area contributed by atoms with Gasteiger partial charge in [-0.2, -0.15) is 0 Å². The number of anilines is 1. The first-order chi connectivity index (χ1) is 9.06. The third-order valence-corrected chi connectivity index (χ3v) is 3.19. The molecule has 1 atom stereocenters. The molecule has 1 aromatic heterocycles. The minimum Gasteiger partial charge on any atom is -0.389 e. The summed E-state index contributed by atoms with van der Waals surface area (Å²) in [4.78, 5) is 6.35. The van der Waals surface area contributed by atoms with Crippen LogP contribution in [0.2, 0.25) is 5.02 Å². The number of aliphatic hydroxyl groups is 1. The summed E-state index contributed by atoms with van der Waals surface area (Å²) in [6.07, 6.45) is 1.23. The highest BCUT2D eigenvalue weighted by molar-refractivity contribution is 6.30. The van der Waals surface area contributed by atoms with Gasteiger partial charge in [-0.05, 0) is 42.3 Å². The number of pyridine rings is 1. The third kappa shape index (κ3) is 3.69. The molecule has 0 spiro atoms. The second kappa shape index (κ2) is 6.04. The van der Waals surface area contributed by atoms with Gasteiger partial charge in [0, 0.05) is 24.8 Å². The fourth-order valence-corrected chi connectivity index (χ4v) is 2.11. The van der Waals surface area contributed by atoms with Crippen LogP contribution < -0.4 is 4.90 Å². The van der Waals surface area contributed by atoms with Crippen molar-refractivity contribution in [2.24, 2.45) is 0 Å². The van der Waals surface area contributed by atoms with Crippen LogP contribution in [-0.4, -0.2) is 17.1 Å². The van der Waals surface area contributed by atoms with Crippen molar-refractivity contribution in [1.82, 2.24) is 4.98 Å². The molecule has 0 fully saturated rings. The maximum Gasteiger partial charge on any atom is 0.128 e. The van der Waals surface area contributed by atoms with E-state index >= 15 is 0 Å². The molecule has 2 rings (SSSR count). The standard InChI is InChI=1S/C15H17ClN2O/c1-11(19)13-6-7-17-15(9-13)18(2)10-12-4-3-5-14(16)8-12/h3-9,11,19H,10H2,1-2H3. The van der Waals surface area contributed by atoms with Gasteiger partial charge in [-0.25, -0.2) is 4.98 Å². The summed E-state index contributed by atoms with van der Waals surface area (Å²) in [6, 6.07) is 11.5. The maximum atomic E-state index is 9.59. The molecule has 0 aliphatic carbocycles.